The van der Waals surface area contributed by atoms with Gasteiger partial charge < -0.3 is 33.8 Å². The zero-order chi connectivity index (χ0) is 73.8. The predicted octanol–water partition coefficient (Wildman–Crippen LogP) is 24.0. The van der Waals surface area contributed by atoms with Gasteiger partial charge in [0.15, 0.2) is 12.2 Å². The predicted molar refractivity (Wildman–Crippen MR) is 409 cm³/mol. The van der Waals surface area contributed by atoms with Gasteiger partial charge in [0.2, 0.25) is 0 Å². The maximum atomic E-state index is 13.1. The van der Waals surface area contributed by atoms with Crippen molar-refractivity contribution in [1.82, 2.24) is 0 Å². The first-order valence-corrected chi connectivity index (χ1v) is 44.7. The van der Waals surface area contributed by atoms with Crippen LogP contribution in [0.2, 0.25) is 0 Å². The molecule has 0 aliphatic carbocycles. The molecule has 3 N–H and O–H groups in total. The second-order valence-corrected chi connectivity index (χ2v) is 33.7. The molecular weight excluding hydrogens is 1310 g/mol. The van der Waals surface area contributed by atoms with E-state index in [-0.39, 0.29) is 25.7 Å². The lowest BCUT2D eigenvalue weighted by atomic mass is 9.99. The number of rotatable bonds is 78. The topological polar surface area (TPSA) is 237 Å². The molecule has 0 bridgehead atoms. The van der Waals surface area contributed by atoms with E-state index in [1.54, 1.807) is 0 Å². The molecule has 0 heterocycles. The van der Waals surface area contributed by atoms with Crippen LogP contribution in [0.3, 0.4) is 0 Å². The van der Waals surface area contributed by atoms with Crippen molar-refractivity contribution in [2.75, 3.05) is 39.6 Å². The van der Waals surface area contributed by atoms with Crippen molar-refractivity contribution in [2.24, 2.45) is 23.7 Å². The van der Waals surface area contributed by atoms with Crippen molar-refractivity contribution < 1.29 is 80.2 Å². The van der Waals surface area contributed by atoms with Crippen molar-refractivity contribution in [2.45, 2.75) is 433 Å². The Labute approximate surface area is 613 Å². The van der Waals surface area contributed by atoms with Gasteiger partial charge in [0.05, 0.1) is 26.4 Å². The third-order valence-corrected chi connectivity index (χ3v) is 21.1. The Hall–Kier alpha value is -1.94. The van der Waals surface area contributed by atoms with Crippen LogP contribution < -0.4 is 0 Å². The molecule has 0 aromatic heterocycles. The number of unbranched alkanes of at least 4 members (excludes halogenated alkanes) is 43. The van der Waals surface area contributed by atoms with Gasteiger partial charge in [0.25, 0.3) is 0 Å². The van der Waals surface area contributed by atoms with E-state index < -0.39 is 97.5 Å². The highest BCUT2D eigenvalue weighted by Crippen LogP contribution is 2.45. The second-order valence-electron chi connectivity index (χ2n) is 30.8. The van der Waals surface area contributed by atoms with E-state index in [1.807, 2.05) is 0 Å². The molecule has 17 nitrogen and oxygen atoms in total. The first kappa shape index (κ1) is 98.1. The summed E-state index contributed by atoms with van der Waals surface area (Å²) in [6.07, 6.45) is 56.7. The fourth-order valence-electron chi connectivity index (χ4n) is 12.4. The van der Waals surface area contributed by atoms with Crippen LogP contribution in [0.1, 0.15) is 415 Å². The summed E-state index contributed by atoms with van der Waals surface area (Å²) in [5, 5.41) is 10.6. The van der Waals surface area contributed by atoms with Crippen LogP contribution in [0.5, 0.6) is 0 Å². The molecule has 0 aromatic rings. The number of aliphatic hydroxyl groups is 1. The van der Waals surface area contributed by atoms with Gasteiger partial charge in [-0.05, 0) is 49.4 Å². The zero-order valence-corrected chi connectivity index (χ0v) is 67.6. The minimum atomic E-state index is -4.96. The Morgan fingerprint density at radius 2 is 0.480 bits per heavy atom. The van der Waals surface area contributed by atoms with Gasteiger partial charge in [-0.3, -0.25) is 37.3 Å². The molecule has 0 fully saturated rings. The molecule has 0 aliphatic heterocycles. The smallest absolute Gasteiger partial charge is 0.462 e. The third-order valence-electron chi connectivity index (χ3n) is 19.2. The van der Waals surface area contributed by atoms with Crippen molar-refractivity contribution in [3.05, 3.63) is 0 Å². The van der Waals surface area contributed by atoms with E-state index in [1.165, 1.54) is 218 Å². The molecule has 0 spiro atoms. The number of carbonyl (C=O) groups excluding carboxylic acids is 4. The van der Waals surface area contributed by atoms with Gasteiger partial charge >= 0.3 is 39.5 Å². The molecular formula is C81H158O17P2. The Morgan fingerprint density at radius 3 is 0.710 bits per heavy atom. The van der Waals surface area contributed by atoms with Crippen LogP contribution in [0.15, 0.2) is 0 Å². The lowest BCUT2D eigenvalue weighted by Gasteiger charge is -2.21. The fraction of sp³-hybridized carbons (Fsp3) is 0.951. The quantitative estimate of drug-likeness (QED) is 0.0222. The first-order valence-electron chi connectivity index (χ1n) is 41.7. The van der Waals surface area contributed by atoms with Crippen LogP contribution in [0.4, 0.5) is 0 Å². The molecule has 594 valence electrons. The highest BCUT2D eigenvalue weighted by atomic mass is 31.2. The number of phosphoric acid groups is 2. The number of aliphatic hydroxyl groups excluding tert-OH is 1. The van der Waals surface area contributed by atoms with E-state index >= 15 is 0 Å². The van der Waals surface area contributed by atoms with Crippen LogP contribution in [0, 0.1) is 23.7 Å². The molecule has 0 radical (unpaired) electrons. The molecule has 0 aromatic carbocycles. The summed E-state index contributed by atoms with van der Waals surface area (Å²) in [6, 6.07) is 0. The van der Waals surface area contributed by atoms with E-state index in [4.69, 9.17) is 37.0 Å². The minimum absolute atomic E-state index is 0.105. The van der Waals surface area contributed by atoms with Gasteiger partial charge in [-0.25, -0.2) is 9.13 Å². The molecule has 3 unspecified atom stereocenters. The van der Waals surface area contributed by atoms with Crippen molar-refractivity contribution in [1.29, 1.82) is 0 Å². The number of esters is 4. The standard InChI is InChI=1S/C81H158O17P2/c1-9-74(8)60-52-44-36-28-18-14-10-11-15-20-31-39-47-55-63-80(85)97-76(67-91-78(83)61-53-45-37-29-19-16-12-13-17-25-33-41-49-57-71(2)3)69-95-99(87,88)93-65-75(82)66-94-100(89,90)96-70-77(98-81(86)64-56-48-40-32-24-22-27-35-43-51-59-73(6)7)68-92-79(84)62-54-46-38-30-23-21-26-34-42-50-58-72(4)5/h71-77,82H,9-70H2,1-8H3,(H,87,88)(H,89,90)/t74?,75-,76-,77-/m1/s1. The summed E-state index contributed by atoms with van der Waals surface area (Å²) in [7, 11) is -9.92. The normalized spacial score (nSPS) is 14.3. The summed E-state index contributed by atoms with van der Waals surface area (Å²) in [4.78, 5) is 73.1. The summed E-state index contributed by atoms with van der Waals surface area (Å²) >= 11 is 0. The van der Waals surface area contributed by atoms with Crippen LogP contribution in [-0.4, -0.2) is 96.7 Å². The van der Waals surface area contributed by atoms with Crippen LogP contribution in [-0.2, 0) is 65.4 Å². The van der Waals surface area contributed by atoms with E-state index in [0.29, 0.717) is 25.7 Å². The highest BCUT2D eigenvalue weighted by Gasteiger charge is 2.30. The SMILES string of the molecule is CCC(C)CCCCCCCCCCCCCCCCC(=O)O[C@H](COC(=O)CCCCCCCCCCCCCCCC(C)C)COP(=O)(O)OC[C@@H](O)COP(=O)(O)OC[C@@H](COC(=O)CCCCCCCCCCCCC(C)C)OC(=O)CCCCCCCCCCCCC(C)C. The molecule has 0 aliphatic rings. The summed E-state index contributed by atoms with van der Waals surface area (Å²) in [5.74, 6) is 1.03. The average Bonchev–Trinajstić information content (AvgIpc) is 0.917. The third kappa shape index (κ3) is 73.0. The molecule has 0 rings (SSSR count). The molecule has 0 saturated carbocycles. The summed E-state index contributed by atoms with van der Waals surface area (Å²) in [6.45, 7) is 14.3. The maximum Gasteiger partial charge on any atom is 0.472 e. The van der Waals surface area contributed by atoms with Crippen LogP contribution in [0.25, 0.3) is 0 Å². The molecule has 6 atom stereocenters. The van der Waals surface area contributed by atoms with Gasteiger partial charge in [-0.15, -0.1) is 0 Å². The largest absolute Gasteiger partial charge is 0.472 e. The Kier molecular flexibility index (Phi) is 68.7. The lowest BCUT2D eigenvalue weighted by molar-refractivity contribution is -0.161. The van der Waals surface area contributed by atoms with Gasteiger partial charge in [-0.2, -0.15) is 0 Å². The van der Waals surface area contributed by atoms with E-state index in [0.717, 1.165) is 114 Å². The second kappa shape index (κ2) is 70.1. The number of hydrogen-bond donors (Lipinski definition) is 3. The van der Waals surface area contributed by atoms with Crippen molar-refractivity contribution in [3.63, 3.8) is 0 Å². The Bertz CT molecular complexity index is 1960. The lowest BCUT2D eigenvalue weighted by Crippen LogP contribution is -2.30. The van der Waals surface area contributed by atoms with Crippen molar-refractivity contribution >= 4 is 39.5 Å². The summed E-state index contributed by atoms with van der Waals surface area (Å²) in [5.41, 5.74) is 0. The van der Waals surface area contributed by atoms with Crippen molar-refractivity contribution in [3.8, 4) is 0 Å². The molecule has 100 heavy (non-hydrogen) atoms. The number of ether oxygens (including phenoxy) is 4. The van der Waals surface area contributed by atoms with Gasteiger partial charge in [0.1, 0.15) is 19.3 Å². The molecule has 0 amide bonds. The average molecular weight is 1470 g/mol. The zero-order valence-electron chi connectivity index (χ0n) is 65.8. The molecule has 0 saturated heterocycles. The van der Waals surface area contributed by atoms with E-state index in [9.17, 15) is 43.2 Å². The Morgan fingerprint density at radius 1 is 0.280 bits per heavy atom. The highest BCUT2D eigenvalue weighted by molar-refractivity contribution is 7.47. The first-order chi connectivity index (χ1) is 48.1. The fourth-order valence-corrected chi connectivity index (χ4v) is 14.0. The van der Waals surface area contributed by atoms with Gasteiger partial charge in [0, 0.05) is 25.7 Å². The molecule has 19 heteroatoms. The number of hydrogen-bond acceptors (Lipinski definition) is 15. The maximum absolute atomic E-state index is 13.1. The number of phosphoric ester groups is 2. The number of carbonyl (C=O) groups is 4. The van der Waals surface area contributed by atoms with E-state index in [2.05, 4.69) is 55.4 Å². The Balaban J connectivity index is 5.27. The summed E-state index contributed by atoms with van der Waals surface area (Å²) < 4.78 is 68.8. The van der Waals surface area contributed by atoms with Crippen LogP contribution >= 0.6 is 15.6 Å². The van der Waals surface area contributed by atoms with Gasteiger partial charge in [-0.1, -0.05) is 364 Å². The monoisotopic (exact) mass is 1470 g/mol. The minimum Gasteiger partial charge on any atom is -0.462 e.